The molecule has 0 heterocycles. The Kier molecular flexibility index (Phi) is 10.1. The molecule has 0 fully saturated rings. The predicted molar refractivity (Wildman–Crippen MR) is 66.5 cm³/mol. The van der Waals surface area contributed by atoms with E-state index in [0.717, 1.165) is 0 Å². The van der Waals surface area contributed by atoms with Crippen LogP contribution in [0.2, 0.25) is 5.02 Å². The van der Waals surface area contributed by atoms with Gasteiger partial charge in [-0.25, -0.2) is 13.2 Å². The molecule has 0 aromatic heterocycles. The summed E-state index contributed by atoms with van der Waals surface area (Å²) in [4.78, 5) is 0. The lowest BCUT2D eigenvalue weighted by Gasteiger charge is -2.04. The summed E-state index contributed by atoms with van der Waals surface area (Å²) in [5.74, 6) is -3.46. The first-order chi connectivity index (χ1) is 7.46. The fourth-order valence-electron chi connectivity index (χ4n) is 0.715. The van der Waals surface area contributed by atoms with E-state index in [9.17, 15) is 13.2 Å². The molecule has 0 bridgehead atoms. The Bertz CT molecular complexity index is 235. The minimum Gasteiger partial charge on any atom is -0.204 e. The van der Waals surface area contributed by atoms with Crippen LogP contribution >= 0.6 is 27.5 Å². The number of halogens is 5. The number of benzene rings is 1. The Labute approximate surface area is 108 Å². The van der Waals surface area contributed by atoms with Gasteiger partial charge in [-0.05, 0) is 22.9 Å². The van der Waals surface area contributed by atoms with Crippen molar-refractivity contribution in [2.75, 3.05) is 0 Å². The minimum absolute atomic E-state index is 0.130. The zero-order valence-electron chi connectivity index (χ0n) is 9.89. The van der Waals surface area contributed by atoms with Crippen molar-refractivity contribution in [2.24, 2.45) is 0 Å². The van der Waals surface area contributed by atoms with Crippen LogP contribution in [0.25, 0.3) is 0 Å². The van der Waals surface area contributed by atoms with Crippen LogP contribution in [0.1, 0.15) is 33.3 Å². The third-order valence-corrected chi connectivity index (χ3v) is 2.70. The maximum Gasteiger partial charge on any atom is 0.180 e. The molecule has 0 aliphatic heterocycles. The monoisotopic (exact) mass is 318 g/mol. The normalized spacial score (nSPS) is 8.62. The van der Waals surface area contributed by atoms with Gasteiger partial charge in [0.15, 0.2) is 17.5 Å². The Morgan fingerprint density at radius 1 is 0.875 bits per heavy atom. The van der Waals surface area contributed by atoms with Gasteiger partial charge in [0, 0.05) is 5.56 Å². The molecule has 0 nitrogen and oxygen atoms in total. The highest BCUT2D eigenvalue weighted by Crippen LogP contribution is 2.31. The van der Waals surface area contributed by atoms with Crippen molar-refractivity contribution in [3.05, 3.63) is 32.5 Å². The molecule has 1 aromatic rings. The number of hydrogen-bond acceptors (Lipinski definition) is 0. The molecule has 0 atom stereocenters. The van der Waals surface area contributed by atoms with Crippen LogP contribution in [0, 0.1) is 24.4 Å². The zero-order valence-corrected chi connectivity index (χ0v) is 12.2. The van der Waals surface area contributed by atoms with Gasteiger partial charge in [0.2, 0.25) is 0 Å². The molecule has 0 saturated carbocycles. The molecular weight excluding hydrogens is 304 g/mol. The number of hydrogen-bond donors (Lipinski definition) is 0. The van der Waals surface area contributed by atoms with E-state index in [1.165, 1.54) is 6.92 Å². The van der Waals surface area contributed by atoms with Gasteiger partial charge < -0.3 is 0 Å². The summed E-state index contributed by atoms with van der Waals surface area (Å²) in [7, 11) is 0. The van der Waals surface area contributed by atoms with Crippen LogP contribution in [0.4, 0.5) is 13.2 Å². The fourth-order valence-corrected chi connectivity index (χ4v) is 1.38. The molecule has 0 spiro atoms. The van der Waals surface area contributed by atoms with E-state index in [-0.39, 0.29) is 10.0 Å². The highest BCUT2D eigenvalue weighted by molar-refractivity contribution is 9.10. The van der Waals surface area contributed by atoms with Crippen molar-refractivity contribution in [1.82, 2.24) is 0 Å². The van der Waals surface area contributed by atoms with Gasteiger partial charge >= 0.3 is 0 Å². The van der Waals surface area contributed by atoms with E-state index in [1.807, 2.05) is 27.7 Å². The van der Waals surface area contributed by atoms with Crippen LogP contribution in [0.3, 0.4) is 0 Å². The van der Waals surface area contributed by atoms with Crippen LogP contribution in [0.15, 0.2) is 4.47 Å². The first kappa shape index (κ1) is 18.2. The lowest BCUT2D eigenvalue weighted by Crippen LogP contribution is -1.96. The second-order valence-corrected chi connectivity index (χ2v) is 3.37. The Morgan fingerprint density at radius 3 is 1.62 bits per heavy atom. The van der Waals surface area contributed by atoms with E-state index >= 15 is 0 Å². The van der Waals surface area contributed by atoms with Crippen LogP contribution < -0.4 is 0 Å². The summed E-state index contributed by atoms with van der Waals surface area (Å²) >= 11 is 7.89. The maximum atomic E-state index is 12.8. The molecule has 0 saturated heterocycles. The summed E-state index contributed by atoms with van der Waals surface area (Å²) in [6.45, 7) is 9.25. The molecule has 0 unspecified atom stereocenters. The van der Waals surface area contributed by atoms with Gasteiger partial charge in [-0.3, -0.25) is 0 Å². The van der Waals surface area contributed by atoms with Gasteiger partial charge in [-0.1, -0.05) is 39.3 Å². The first-order valence-electron chi connectivity index (χ1n) is 4.94. The summed E-state index contributed by atoms with van der Waals surface area (Å²) in [6.07, 6.45) is 0. The van der Waals surface area contributed by atoms with E-state index in [1.54, 1.807) is 0 Å². The maximum absolute atomic E-state index is 12.8. The first-order valence-corrected chi connectivity index (χ1v) is 6.12. The topological polar surface area (TPSA) is 0 Å². The average molecular weight is 320 g/mol. The molecule has 1 rings (SSSR count). The molecule has 0 N–H and O–H groups in total. The van der Waals surface area contributed by atoms with E-state index in [0.29, 0.717) is 0 Å². The summed E-state index contributed by atoms with van der Waals surface area (Å²) < 4.78 is 38.1. The largest absolute Gasteiger partial charge is 0.204 e. The van der Waals surface area contributed by atoms with Crippen molar-refractivity contribution in [3.8, 4) is 0 Å². The molecule has 0 radical (unpaired) electrons. The van der Waals surface area contributed by atoms with Crippen molar-refractivity contribution in [1.29, 1.82) is 0 Å². The fraction of sp³-hybridized carbons (Fsp3) is 0.455. The van der Waals surface area contributed by atoms with E-state index in [2.05, 4.69) is 15.9 Å². The highest BCUT2D eigenvalue weighted by atomic mass is 79.9. The summed E-state index contributed by atoms with van der Waals surface area (Å²) in [5.41, 5.74) is -0.130. The van der Waals surface area contributed by atoms with Gasteiger partial charge in [0.25, 0.3) is 0 Å². The van der Waals surface area contributed by atoms with Crippen LogP contribution in [-0.2, 0) is 0 Å². The Hall–Kier alpha value is -0.220. The lowest BCUT2D eigenvalue weighted by molar-refractivity contribution is 0.487. The Morgan fingerprint density at radius 2 is 1.25 bits per heavy atom. The molecule has 0 aliphatic rings. The zero-order chi connectivity index (χ0) is 13.5. The second-order valence-electron chi connectivity index (χ2n) is 2.19. The van der Waals surface area contributed by atoms with Crippen LogP contribution in [0.5, 0.6) is 0 Å². The Balaban J connectivity index is 0. The van der Waals surface area contributed by atoms with E-state index in [4.69, 9.17) is 11.6 Å². The molecular formula is C11H15BrClF3. The molecule has 0 amide bonds. The van der Waals surface area contributed by atoms with Gasteiger partial charge in [0.1, 0.15) is 5.02 Å². The third-order valence-electron chi connectivity index (χ3n) is 1.43. The van der Waals surface area contributed by atoms with Gasteiger partial charge in [0.05, 0.1) is 4.47 Å². The molecule has 0 aliphatic carbocycles. The van der Waals surface area contributed by atoms with Crippen molar-refractivity contribution in [3.63, 3.8) is 0 Å². The molecule has 94 valence electrons. The molecule has 1 aromatic carbocycles. The molecule has 16 heavy (non-hydrogen) atoms. The smallest absolute Gasteiger partial charge is 0.180 e. The summed E-state index contributed by atoms with van der Waals surface area (Å²) in [5, 5.41) is -0.829. The summed E-state index contributed by atoms with van der Waals surface area (Å²) in [6, 6.07) is 0. The lowest BCUT2D eigenvalue weighted by atomic mass is 10.2. The molecule has 5 heteroatoms. The van der Waals surface area contributed by atoms with Crippen molar-refractivity contribution >= 4 is 27.5 Å². The van der Waals surface area contributed by atoms with Crippen molar-refractivity contribution < 1.29 is 13.2 Å². The number of rotatable bonds is 0. The standard InChI is InChI=1S/C7H3BrClF3.2C2H6/c1-2-3(8)6(11)4(9)7(12)5(2)10;2*1-2/h1H3;2*1-2H3. The quantitative estimate of drug-likeness (QED) is 0.414. The average Bonchev–Trinajstić information content (AvgIpc) is 2.36. The van der Waals surface area contributed by atoms with Crippen LogP contribution in [-0.4, -0.2) is 0 Å². The van der Waals surface area contributed by atoms with Gasteiger partial charge in [-0.15, -0.1) is 0 Å². The predicted octanol–water partition coefficient (Wildman–Crippen LogP) is 5.88. The SMILES string of the molecule is CC.CC.Cc1c(F)c(F)c(Cl)c(F)c1Br. The second kappa shape index (κ2) is 8.88. The highest BCUT2D eigenvalue weighted by Gasteiger charge is 2.19. The van der Waals surface area contributed by atoms with Crippen molar-refractivity contribution in [2.45, 2.75) is 34.6 Å². The third kappa shape index (κ3) is 3.98. The van der Waals surface area contributed by atoms with Gasteiger partial charge in [-0.2, -0.15) is 0 Å². The van der Waals surface area contributed by atoms with E-state index < -0.39 is 22.5 Å². The minimum atomic E-state index is -1.35.